The first kappa shape index (κ1) is 14.3. The van der Waals surface area contributed by atoms with E-state index in [2.05, 4.69) is 51.8 Å². The van der Waals surface area contributed by atoms with E-state index in [0.717, 1.165) is 34.7 Å². The molecule has 0 bridgehead atoms. The maximum absolute atomic E-state index is 5.59. The van der Waals surface area contributed by atoms with E-state index >= 15 is 0 Å². The summed E-state index contributed by atoms with van der Waals surface area (Å²) in [5.74, 6) is 1.54. The standard InChI is InChI=1S/C13H20BrN5/c1-9(2)8-18(3)12-5-4-11-16-10(6-7-15)13(14)19(11)17-12/h4-5,9H,6-8,15H2,1-3H3. The molecule has 5 nitrogen and oxygen atoms in total. The minimum Gasteiger partial charge on any atom is -0.358 e. The van der Waals surface area contributed by atoms with Crippen LogP contribution < -0.4 is 10.6 Å². The van der Waals surface area contributed by atoms with E-state index in [0.29, 0.717) is 12.5 Å². The third kappa shape index (κ3) is 3.06. The summed E-state index contributed by atoms with van der Waals surface area (Å²) in [5, 5.41) is 4.62. The lowest BCUT2D eigenvalue weighted by Crippen LogP contribution is -2.24. The molecule has 0 saturated heterocycles. The second-order valence-corrected chi connectivity index (χ2v) is 5.88. The van der Waals surface area contributed by atoms with Crippen LogP contribution in [0.25, 0.3) is 5.65 Å². The zero-order valence-electron chi connectivity index (χ0n) is 11.6. The third-order valence-corrected chi connectivity index (χ3v) is 3.68. The summed E-state index contributed by atoms with van der Waals surface area (Å²) in [7, 11) is 2.06. The lowest BCUT2D eigenvalue weighted by Gasteiger charge is -2.20. The largest absolute Gasteiger partial charge is 0.358 e. The maximum atomic E-state index is 5.59. The number of imidazole rings is 1. The number of nitrogens with zero attached hydrogens (tertiary/aromatic N) is 4. The van der Waals surface area contributed by atoms with E-state index in [1.54, 1.807) is 0 Å². The molecule has 2 heterocycles. The van der Waals surface area contributed by atoms with Crippen LogP contribution in [-0.2, 0) is 6.42 Å². The summed E-state index contributed by atoms with van der Waals surface area (Å²) in [4.78, 5) is 6.67. The molecule has 2 aromatic rings. The lowest BCUT2D eigenvalue weighted by atomic mass is 10.2. The first-order valence-electron chi connectivity index (χ1n) is 6.48. The molecule has 104 valence electrons. The van der Waals surface area contributed by atoms with Crippen molar-refractivity contribution < 1.29 is 0 Å². The van der Waals surface area contributed by atoms with Crippen molar-refractivity contribution in [2.45, 2.75) is 20.3 Å². The fourth-order valence-electron chi connectivity index (χ4n) is 2.08. The fourth-order valence-corrected chi connectivity index (χ4v) is 2.63. The van der Waals surface area contributed by atoms with Crippen LogP contribution in [0.1, 0.15) is 19.5 Å². The number of halogens is 1. The molecule has 2 aromatic heterocycles. The second-order valence-electron chi connectivity index (χ2n) is 5.12. The number of fused-ring (bicyclic) bond motifs is 1. The van der Waals surface area contributed by atoms with Crippen LogP contribution >= 0.6 is 15.9 Å². The van der Waals surface area contributed by atoms with Gasteiger partial charge in [0.1, 0.15) is 10.4 Å². The zero-order chi connectivity index (χ0) is 14.0. The van der Waals surface area contributed by atoms with Gasteiger partial charge >= 0.3 is 0 Å². The summed E-state index contributed by atoms with van der Waals surface area (Å²) in [6, 6.07) is 3.99. The molecule has 0 radical (unpaired) electrons. The van der Waals surface area contributed by atoms with E-state index in [-0.39, 0.29) is 0 Å². The molecular formula is C13H20BrN5. The molecule has 0 fully saturated rings. The Morgan fingerprint density at radius 2 is 2.16 bits per heavy atom. The molecule has 0 spiro atoms. The minimum absolute atomic E-state index is 0.586. The van der Waals surface area contributed by atoms with Crippen molar-refractivity contribution in [2.24, 2.45) is 11.7 Å². The van der Waals surface area contributed by atoms with Crippen LogP contribution in [0.15, 0.2) is 16.7 Å². The van der Waals surface area contributed by atoms with Crippen LogP contribution in [0.4, 0.5) is 5.82 Å². The molecule has 0 aliphatic heterocycles. The molecule has 19 heavy (non-hydrogen) atoms. The number of hydrogen-bond acceptors (Lipinski definition) is 4. The maximum Gasteiger partial charge on any atom is 0.155 e. The molecule has 2 rings (SSSR count). The average Bonchev–Trinajstić information content (AvgIpc) is 2.66. The van der Waals surface area contributed by atoms with Gasteiger partial charge in [-0.05, 0) is 40.5 Å². The lowest BCUT2D eigenvalue weighted by molar-refractivity contribution is 0.631. The van der Waals surface area contributed by atoms with Gasteiger partial charge in [-0.2, -0.15) is 0 Å². The molecular weight excluding hydrogens is 306 g/mol. The van der Waals surface area contributed by atoms with Crippen molar-refractivity contribution in [3.05, 3.63) is 22.4 Å². The summed E-state index contributed by atoms with van der Waals surface area (Å²) < 4.78 is 2.73. The van der Waals surface area contributed by atoms with Gasteiger partial charge in [-0.3, -0.25) is 0 Å². The first-order valence-corrected chi connectivity index (χ1v) is 7.27. The van der Waals surface area contributed by atoms with Gasteiger partial charge in [-0.1, -0.05) is 13.8 Å². The van der Waals surface area contributed by atoms with Crippen molar-refractivity contribution in [2.75, 3.05) is 25.0 Å². The van der Waals surface area contributed by atoms with Crippen LogP contribution in [0.3, 0.4) is 0 Å². The minimum atomic E-state index is 0.586. The quantitative estimate of drug-likeness (QED) is 0.914. The van der Waals surface area contributed by atoms with Crippen LogP contribution in [-0.4, -0.2) is 34.7 Å². The number of anilines is 1. The molecule has 0 amide bonds. The molecule has 0 aliphatic carbocycles. The van der Waals surface area contributed by atoms with Gasteiger partial charge in [0.25, 0.3) is 0 Å². The van der Waals surface area contributed by atoms with Crippen molar-refractivity contribution in [1.82, 2.24) is 14.6 Å². The van der Waals surface area contributed by atoms with E-state index in [1.807, 2.05) is 16.6 Å². The smallest absolute Gasteiger partial charge is 0.155 e. The predicted octanol–water partition coefficient (Wildman–Crippen LogP) is 2.09. The Morgan fingerprint density at radius 1 is 1.42 bits per heavy atom. The Balaban J connectivity index is 2.36. The molecule has 6 heteroatoms. The number of hydrogen-bond donors (Lipinski definition) is 1. The van der Waals surface area contributed by atoms with Crippen molar-refractivity contribution >= 4 is 27.4 Å². The van der Waals surface area contributed by atoms with Crippen molar-refractivity contribution in [1.29, 1.82) is 0 Å². The molecule has 0 atom stereocenters. The van der Waals surface area contributed by atoms with Gasteiger partial charge in [-0.15, -0.1) is 5.10 Å². The van der Waals surface area contributed by atoms with Gasteiger partial charge in [-0.25, -0.2) is 9.50 Å². The third-order valence-electron chi connectivity index (χ3n) is 2.89. The van der Waals surface area contributed by atoms with Gasteiger partial charge in [0.05, 0.1) is 5.69 Å². The predicted molar refractivity (Wildman–Crippen MR) is 81.6 cm³/mol. The summed E-state index contributed by atoms with van der Waals surface area (Å²) in [5.41, 5.74) is 7.39. The Hall–Kier alpha value is -1.14. The molecule has 0 aromatic carbocycles. The summed E-state index contributed by atoms with van der Waals surface area (Å²) >= 11 is 3.55. The number of nitrogens with two attached hydrogens (primary N) is 1. The SMILES string of the molecule is CC(C)CN(C)c1ccc2nc(CCN)c(Br)n2n1. The molecule has 2 N–H and O–H groups in total. The fraction of sp³-hybridized carbons (Fsp3) is 0.538. The molecule has 0 unspecified atom stereocenters. The molecule has 0 aliphatic rings. The Morgan fingerprint density at radius 3 is 2.79 bits per heavy atom. The van der Waals surface area contributed by atoms with E-state index in [4.69, 9.17) is 5.73 Å². The highest BCUT2D eigenvalue weighted by Crippen LogP contribution is 2.20. The average molecular weight is 326 g/mol. The van der Waals surface area contributed by atoms with E-state index in [1.165, 1.54) is 0 Å². The van der Waals surface area contributed by atoms with Crippen molar-refractivity contribution in [3.8, 4) is 0 Å². The number of aromatic nitrogens is 3. The Labute approximate surface area is 121 Å². The van der Waals surface area contributed by atoms with Crippen LogP contribution in [0.2, 0.25) is 0 Å². The van der Waals surface area contributed by atoms with Crippen LogP contribution in [0.5, 0.6) is 0 Å². The highest BCUT2D eigenvalue weighted by Gasteiger charge is 2.12. The normalized spacial score (nSPS) is 11.5. The Bertz CT molecular complexity index is 563. The van der Waals surface area contributed by atoms with Gasteiger partial charge in [0, 0.05) is 20.0 Å². The van der Waals surface area contributed by atoms with Gasteiger partial charge < -0.3 is 10.6 Å². The van der Waals surface area contributed by atoms with Gasteiger partial charge in [0.2, 0.25) is 0 Å². The zero-order valence-corrected chi connectivity index (χ0v) is 13.2. The highest BCUT2D eigenvalue weighted by atomic mass is 79.9. The topological polar surface area (TPSA) is 59.5 Å². The Kier molecular flexibility index (Phi) is 4.42. The highest BCUT2D eigenvalue weighted by molar-refractivity contribution is 9.10. The van der Waals surface area contributed by atoms with Crippen molar-refractivity contribution in [3.63, 3.8) is 0 Å². The number of rotatable bonds is 5. The summed E-state index contributed by atoms with van der Waals surface area (Å²) in [6.45, 7) is 5.95. The second kappa shape index (κ2) is 5.88. The monoisotopic (exact) mass is 325 g/mol. The van der Waals surface area contributed by atoms with E-state index < -0.39 is 0 Å². The van der Waals surface area contributed by atoms with Crippen LogP contribution in [0, 0.1) is 5.92 Å². The first-order chi connectivity index (χ1) is 9.02. The summed E-state index contributed by atoms with van der Waals surface area (Å²) in [6.07, 6.45) is 0.751. The van der Waals surface area contributed by atoms with E-state index in [9.17, 15) is 0 Å². The van der Waals surface area contributed by atoms with Gasteiger partial charge in [0.15, 0.2) is 5.65 Å². The molecule has 0 saturated carbocycles.